The van der Waals surface area contributed by atoms with E-state index in [-0.39, 0.29) is 23.6 Å². The Bertz CT molecular complexity index is 847. The Balaban J connectivity index is 2.14. The van der Waals surface area contributed by atoms with E-state index in [2.05, 4.69) is 17.2 Å². The standard InChI is InChI=1S/C17H19N3O3S/c1-3-7-24-17-19-16(23)14-12(10-5-4-6-11(21)8-10)9-13(22)18-15(14)20(17)2/h4-6,8,12,21H,3,7,9H2,1-2H3,(H,18,22)/t12-/m1/s1. The fraction of sp³-hybridized carbons (Fsp3) is 0.353. The van der Waals surface area contributed by atoms with Gasteiger partial charge in [0, 0.05) is 25.1 Å². The van der Waals surface area contributed by atoms with Crippen LogP contribution in [0, 0.1) is 0 Å². The Morgan fingerprint density at radius 3 is 2.92 bits per heavy atom. The first kappa shape index (κ1) is 16.6. The van der Waals surface area contributed by atoms with Crippen molar-refractivity contribution in [2.75, 3.05) is 11.1 Å². The van der Waals surface area contributed by atoms with Crippen molar-refractivity contribution in [2.24, 2.45) is 7.05 Å². The zero-order valence-corrected chi connectivity index (χ0v) is 14.4. The first-order valence-corrected chi connectivity index (χ1v) is 8.82. The molecule has 2 heterocycles. The second kappa shape index (κ2) is 6.68. The number of hydrogen-bond donors (Lipinski definition) is 2. The minimum absolute atomic E-state index is 0.111. The van der Waals surface area contributed by atoms with Gasteiger partial charge >= 0.3 is 0 Å². The highest BCUT2D eigenvalue weighted by Gasteiger charge is 2.32. The summed E-state index contributed by atoms with van der Waals surface area (Å²) < 4.78 is 1.77. The number of fused-ring (bicyclic) bond motifs is 1. The van der Waals surface area contributed by atoms with Gasteiger partial charge in [0.15, 0.2) is 5.16 Å². The van der Waals surface area contributed by atoms with Crippen molar-refractivity contribution in [2.45, 2.75) is 30.8 Å². The third-order valence-electron chi connectivity index (χ3n) is 4.01. The third-order valence-corrected chi connectivity index (χ3v) is 5.24. The fourth-order valence-corrected chi connectivity index (χ4v) is 3.70. The van der Waals surface area contributed by atoms with E-state index >= 15 is 0 Å². The molecule has 2 aromatic rings. The number of rotatable bonds is 4. The number of anilines is 1. The summed E-state index contributed by atoms with van der Waals surface area (Å²) >= 11 is 1.50. The normalized spacial score (nSPS) is 16.6. The van der Waals surface area contributed by atoms with Gasteiger partial charge in [0.2, 0.25) is 5.91 Å². The molecule has 0 spiro atoms. The van der Waals surface area contributed by atoms with Crippen LogP contribution >= 0.6 is 11.8 Å². The average molecular weight is 345 g/mol. The van der Waals surface area contributed by atoms with Crippen LogP contribution in [-0.2, 0) is 11.8 Å². The largest absolute Gasteiger partial charge is 0.508 e. The number of amides is 1. The lowest BCUT2D eigenvalue weighted by atomic mass is 9.86. The molecule has 0 unspecified atom stereocenters. The quantitative estimate of drug-likeness (QED) is 0.657. The summed E-state index contributed by atoms with van der Waals surface area (Å²) in [4.78, 5) is 29.0. The lowest BCUT2D eigenvalue weighted by Crippen LogP contribution is -2.33. The van der Waals surface area contributed by atoms with Gasteiger partial charge < -0.3 is 15.0 Å². The molecule has 0 saturated carbocycles. The lowest BCUT2D eigenvalue weighted by molar-refractivity contribution is -0.116. The van der Waals surface area contributed by atoms with Gasteiger partial charge in [-0.05, 0) is 24.1 Å². The number of nitrogens with one attached hydrogen (secondary N) is 1. The van der Waals surface area contributed by atoms with E-state index in [4.69, 9.17) is 0 Å². The number of nitrogens with zero attached hydrogens (tertiary/aromatic N) is 2. The van der Waals surface area contributed by atoms with Crippen LogP contribution in [0.2, 0.25) is 0 Å². The van der Waals surface area contributed by atoms with Gasteiger partial charge in [-0.3, -0.25) is 9.59 Å². The first-order valence-electron chi connectivity index (χ1n) is 7.83. The molecular formula is C17H19N3O3S. The van der Waals surface area contributed by atoms with Crippen LogP contribution in [0.3, 0.4) is 0 Å². The zero-order valence-electron chi connectivity index (χ0n) is 13.6. The molecule has 0 saturated heterocycles. The number of hydrogen-bond acceptors (Lipinski definition) is 5. The molecule has 6 nitrogen and oxygen atoms in total. The maximum absolute atomic E-state index is 12.6. The number of benzene rings is 1. The average Bonchev–Trinajstić information content (AvgIpc) is 2.56. The molecule has 0 aliphatic carbocycles. The highest BCUT2D eigenvalue weighted by atomic mass is 32.2. The molecule has 7 heteroatoms. The minimum atomic E-state index is -0.405. The summed E-state index contributed by atoms with van der Waals surface area (Å²) in [7, 11) is 1.80. The third kappa shape index (κ3) is 3.03. The van der Waals surface area contributed by atoms with Gasteiger partial charge in [0.1, 0.15) is 11.6 Å². The van der Waals surface area contributed by atoms with E-state index < -0.39 is 5.92 Å². The number of aromatic nitrogens is 2. The highest BCUT2D eigenvalue weighted by Crippen LogP contribution is 2.36. The van der Waals surface area contributed by atoms with Crippen LogP contribution in [0.5, 0.6) is 5.75 Å². The van der Waals surface area contributed by atoms with E-state index in [0.29, 0.717) is 16.5 Å². The summed E-state index contributed by atoms with van der Waals surface area (Å²) in [6.07, 6.45) is 1.13. The summed E-state index contributed by atoms with van der Waals surface area (Å²) in [5.41, 5.74) is 0.887. The molecule has 0 bridgehead atoms. The van der Waals surface area contributed by atoms with Crippen LogP contribution in [0.25, 0.3) is 0 Å². The number of phenols is 1. The Kier molecular flexibility index (Phi) is 4.62. The minimum Gasteiger partial charge on any atom is -0.508 e. The molecule has 0 fully saturated rings. The van der Waals surface area contributed by atoms with E-state index in [1.54, 1.807) is 29.8 Å². The zero-order chi connectivity index (χ0) is 17.3. The maximum atomic E-state index is 12.6. The molecule has 0 radical (unpaired) electrons. The molecule has 1 aromatic heterocycles. The molecule has 1 aromatic carbocycles. The van der Waals surface area contributed by atoms with E-state index in [1.807, 2.05) is 6.07 Å². The molecule has 1 amide bonds. The lowest BCUT2D eigenvalue weighted by Gasteiger charge is -2.27. The van der Waals surface area contributed by atoms with E-state index in [0.717, 1.165) is 17.7 Å². The molecular weight excluding hydrogens is 326 g/mol. The van der Waals surface area contributed by atoms with E-state index in [1.165, 1.54) is 11.8 Å². The number of phenolic OH excluding ortho intramolecular Hbond substituents is 1. The molecule has 1 aliphatic rings. The van der Waals surface area contributed by atoms with Crippen LogP contribution in [0.1, 0.15) is 36.8 Å². The monoisotopic (exact) mass is 345 g/mol. The number of aromatic hydroxyl groups is 1. The number of carbonyl (C=O) groups excluding carboxylic acids is 1. The Morgan fingerprint density at radius 2 is 2.21 bits per heavy atom. The summed E-state index contributed by atoms with van der Waals surface area (Å²) in [6.45, 7) is 2.06. The van der Waals surface area contributed by atoms with Gasteiger partial charge in [-0.2, -0.15) is 4.98 Å². The van der Waals surface area contributed by atoms with Gasteiger partial charge in [0.05, 0.1) is 5.56 Å². The van der Waals surface area contributed by atoms with Crippen molar-refractivity contribution in [3.8, 4) is 5.75 Å². The Labute approximate surface area is 143 Å². The molecule has 126 valence electrons. The van der Waals surface area contributed by atoms with Crippen LogP contribution in [-0.4, -0.2) is 26.3 Å². The Morgan fingerprint density at radius 1 is 1.42 bits per heavy atom. The second-order valence-electron chi connectivity index (χ2n) is 5.77. The fourth-order valence-electron chi connectivity index (χ4n) is 2.88. The van der Waals surface area contributed by atoms with Crippen molar-refractivity contribution in [1.82, 2.24) is 9.55 Å². The topological polar surface area (TPSA) is 84.2 Å². The van der Waals surface area contributed by atoms with Crippen molar-refractivity contribution in [3.63, 3.8) is 0 Å². The summed E-state index contributed by atoms with van der Waals surface area (Å²) in [6, 6.07) is 6.67. The predicted molar refractivity (Wildman–Crippen MR) is 93.7 cm³/mol. The molecule has 1 aliphatic heterocycles. The summed E-state index contributed by atoms with van der Waals surface area (Å²) in [5.74, 6) is 0.905. The maximum Gasteiger partial charge on any atom is 0.279 e. The van der Waals surface area contributed by atoms with Crippen molar-refractivity contribution < 1.29 is 9.90 Å². The van der Waals surface area contributed by atoms with E-state index in [9.17, 15) is 14.7 Å². The van der Waals surface area contributed by atoms with Gasteiger partial charge in [-0.1, -0.05) is 30.8 Å². The SMILES string of the molecule is CCCSc1nc(=O)c2c(n1C)NC(=O)C[C@@H]2c1cccc(O)c1. The van der Waals surface area contributed by atoms with Gasteiger partial charge in [0.25, 0.3) is 5.56 Å². The van der Waals surface area contributed by atoms with Crippen LogP contribution in [0.4, 0.5) is 5.82 Å². The summed E-state index contributed by atoms with van der Waals surface area (Å²) in [5, 5.41) is 13.1. The molecule has 3 rings (SSSR count). The van der Waals surface area contributed by atoms with Crippen molar-refractivity contribution in [3.05, 3.63) is 45.7 Å². The second-order valence-corrected chi connectivity index (χ2v) is 6.83. The first-order chi connectivity index (χ1) is 11.5. The number of carbonyl (C=O) groups is 1. The van der Waals surface area contributed by atoms with Crippen molar-refractivity contribution in [1.29, 1.82) is 0 Å². The smallest absolute Gasteiger partial charge is 0.279 e. The van der Waals surface area contributed by atoms with Gasteiger partial charge in [-0.25, -0.2) is 0 Å². The number of thioether (sulfide) groups is 1. The molecule has 1 atom stereocenters. The van der Waals surface area contributed by atoms with Gasteiger partial charge in [-0.15, -0.1) is 0 Å². The Hall–Kier alpha value is -2.28. The van der Waals surface area contributed by atoms with Crippen molar-refractivity contribution >= 4 is 23.5 Å². The molecule has 24 heavy (non-hydrogen) atoms. The highest BCUT2D eigenvalue weighted by molar-refractivity contribution is 7.99. The molecule has 2 N–H and O–H groups in total. The van der Waals surface area contributed by atoms with Crippen LogP contribution in [0.15, 0.2) is 34.2 Å². The predicted octanol–water partition coefficient (Wildman–Crippen LogP) is 2.46. The van der Waals surface area contributed by atoms with Crippen LogP contribution < -0.4 is 10.9 Å².